The topological polar surface area (TPSA) is 97.0 Å². The number of furan rings is 1. The van der Waals surface area contributed by atoms with Crippen LogP contribution in [-0.4, -0.2) is 50.1 Å². The number of piperidine rings is 1. The van der Waals surface area contributed by atoms with Crippen molar-refractivity contribution in [3.8, 4) is 0 Å². The Labute approximate surface area is 123 Å². The Kier molecular flexibility index (Phi) is 4.40. The van der Waals surface area contributed by atoms with Gasteiger partial charge in [0.15, 0.2) is 0 Å². The lowest BCUT2D eigenvalue weighted by atomic mass is 10.1. The summed E-state index contributed by atoms with van der Waals surface area (Å²) in [5.41, 5.74) is -0.0545. The Morgan fingerprint density at radius 1 is 1.29 bits per heavy atom. The fourth-order valence-corrected chi connectivity index (χ4v) is 4.36. The zero-order valence-electron chi connectivity index (χ0n) is 12.2. The van der Waals surface area contributed by atoms with Crippen LogP contribution in [0.5, 0.6) is 0 Å². The van der Waals surface area contributed by atoms with Gasteiger partial charge in [-0.25, -0.2) is 13.2 Å². The molecular weight excluding hydrogens is 298 g/mol. The monoisotopic (exact) mass is 317 g/mol. The number of rotatable bonds is 3. The van der Waals surface area contributed by atoms with Crippen molar-refractivity contribution in [3.63, 3.8) is 0 Å². The Morgan fingerprint density at radius 3 is 2.38 bits per heavy atom. The van der Waals surface area contributed by atoms with Crippen LogP contribution in [0.4, 0.5) is 0 Å². The fourth-order valence-electron chi connectivity index (χ4n) is 2.52. The molecule has 0 aromatic carbocycles. The van der Waals surface area contributed by atoms with Gasteiger partial charge in [0.2, 0.25) is 10.0 Å². The van der Waals surface area contributed by atoms with Crippen LogP contribution in [0.1, 0.15) is 34.7 Å². The molecule has 0 radical (unpaired) electrons. The minimum Gasteiger partial charge on any atom is -0.465 e. The number of aliphatic hydroxyl groups is 1. The second-order valence-electron chi connectivity index (χ2n) is 5.05. The first kappa shape index (κ1) is 16.0. The average molecular weight is 317 g/mol. The van der Waals surface area contributed by atoms with Crippen LogP contribution >= 0.6 is 0 Å². The standard InChI is InChI=1S/C13H19NO6S/c1-8-11(13(16)19-3)12(9(2)20-8)21(17,18)14-6-4-10(15)5-7-14/h10,15H,4-7H2,1-3H3. The maximum absolute atomic E-state index is 12.7. The number of nitrogens with zero attached hydrogens (tertiary/aromatic N) is 1. The third-order valence-electron chi connectivity index (χ3n) is 3.62. The highest BCUT2D eigenvalue weighted by Crippen LogP contribution is 2.31. The first-order chi connectivity index (χ1) is 9.78. The van der Waals surface area contributed by atoms with Crippen molar-refractivity contribution in [1.29, 1.82) is 0 Å². The zero-order valence-corrected chi connectivity index (χ0v) is 13.1. The number of aryl methyl sites for hydroxylation is 2. The number of aliphatic hydroxyl groups excluding tert-OH is 1. The van der Waals surface area contributed by atoms with E-state index in [4.69, 9.17) is 4.42 Å². The van der Waals surface area contributed by atoms with E-state index in [1.807, 2.05) is 0 Å². The van der Waals surface area contributed by atoms with Gasteiger partial charge < -0.3 is 14.3 Å². The minimum absolute atomic E-state index is 0.0545. The van der Waals surface area contributed by atoms with Crippen molar-refractivity contribution in [3.05, 3.63) is 17.1 Å². The van der Waals surface area contributed by atoms with Crippen molar-refractivity contribution in [1.82, 2.24) is 4.31 Å². The molecule has 0 atom stereocenters. The first-order valence-corrected chi connectivity index (χ1v) is 8.09. The van der Waals surface area contributed by atoms with Gasteiger partial charge in [-0.05, 0) is 26.7 Å². The van der Waals surface area contributed by atoms with Gasteiger partial charge in [0.1, 0.15) is 22.0 Å². The second kappa shape index (κ2) is 5.78. The molecule has 7 nitrogen and oxygen atoms in total. The molecule has 1 saturated heterocycles. The van der Waals surface area contributed by atoms with E-state index < -0.39 is 22.1 Å². The largest absolute Gasteiger partial charge is 0.465 e. The van der Waals surface area contributed by atoms with Crippen LogP contribution in [0.15, 0.2) is 9.31 Å². The molecule has 8 heteroatoms. The third kappa shape index (κ3) is 2.83. The van der Waals surface area contributed by atoms with Gasteiger partial charge >= 0.3 is 5.97 Å². The Balaban J connectivity index is 2.47. The molecule has 1 fully saturated rings. The van der Waals surface area contributed by atoms with Crippen molar-refractivity contribution in [2.75, 3.05) is 20.2 Å². The van der Waals surface area contributed by atoms with E-state index in [0.29, 0.717) is 12.8 Å². The van der Waals surface area contributed by atoms with Crippen LogP contribution in [0.3, 0.4) is 0 Å². The number of sulfonamides is 1. The maximum Gasteiger partial charge on any atom is 0.342 e. The lowest BCUT2D eigenvalue weighted by Gasteiger charge is -2.28. The van der Waals surface area contributed by atoms with Crippen LogP contribution in [-0.2, 0) is 14.8 Å². The van der Waals surface area contributed by atoms with Gasteiger partial charge in [0.25, 0.3) is 0 Å². The predicted molar refractivity (Wildman–Crippen MR) is 73.5 cm³/mol. The normalized spacial score (nSPS) is 17.9. The summed E-state index contributed by atoms with van der Waals surface area (Å²) in [5, 5.41) is 9.49. The first-order valence-electron chi connectivity index (χ1n) is 6.65. The molecule has 0 saturated carbocycles. The molecule has 1 N–H and O–H groups in total. The second-order valence-corrected chi connectivity index (χ2v) is 6.92. The van der Waals surface area contributed by atoms with Gasteiger partial charge in [0.05, 0.1) is 13.2 Å². The summed E-state index contributed by atoms with van der Waals surface area (Å²) in [5.74, 6) is -0.353. The number of ether oxygens (including phenoxy) is 1. The third-order valence-corrected chi connectivity index (χ3v) is 5.67. The molecule has 0 unspecified atom stereocenters. The fraction of sp³-hybridized carbons (Fsp3) is 0.615. The summed E-state index contributed by atoms with van der Waals surface area (Å²) in [4.78, 5) is 11.7. The summed E-state index contributed by atoms with van der Waals surface area (Å²) in [6, 6.07) is 0. The Hall–Kier alpha value is -1.38. The molecule has 1 aromatic rings. The number of carbonyl (C=O) groups excluding carboxylic acids is 1. The van der Waals surface area contributed by atoms with Crippen LogP contribution in [0.25, 0.3) is 0 Å². The van der Waals surface area contributed by atoms with Crippen LogP contribution in [0.2, 0.25) is 0 Å². The molecule has 1 aliphatic heterocycles. The van der Waals surface area contributed by atoms with Gasteiger partial charge in [-0.1, -0.05) is 0 Å². The number of hydrogen-bond donors (Lipinski definition) is 1. The number of hydrogen-bond acceptors (Lipinski definition) is 6. The van der Waals surface area contributed by atoms with Crippen molar-refractivity contribution in [2.45, 2.75) is 37.7 Å². The molecular formula is C13H19NO6S. The lowest BCUT2D eigenvalue weighted by Crippen LogP contribution is -2.40. The molecule has 118 valence electrons. The number of methoxy groups -OCH3 is 1. The lowest BCUT2D eigenvalue weighted by molar-refractivity contribution is 0.0594. The predicted octanol–water partition coefficient (Wildman–Crippen LogP) is 0.828. The molecule has 0 amide bonds. The summed E-state index contributed by atoms with van der Waals surface area (Å²) >= 11 is 0. The van der Waals surface area contributed by atoms with E-state index in [1.165, 1.54) is 25.3 Å². The molecule has 2 heterocycles. The Morgan fingerprint density at radius 2 is 1.86 bits per heavy atom. The van der Waals surface area contributed by atoms with E-state index in [2.05, 4.69) is 4.74 Å². The van der Waals surface area contributed by atoms with Crippen molar-refractivity contribution < 1.29 is 27.5 Å². The molecule has 0 spiro atoms. The smallest absolute Gasteiger partial charge is 0.342 e. The van der Waals surface area contributed by atoms with Gasteiger partial charge in [-0.15, -0.1) is 0 Å². The highest BCUT2D eigenvalue weighted by molar-refractivity contribution is 7.89. The molecule has 21 heavy (non-hydrogen) atoms. The highest BCUT2D eigenvalue weighted by atomic mass is 32.2. The van der Waals surface area contributed by atoms with E-state index in [-0.39, 0.29) is 35.1 Å². The molecule has 0 bridgehead atoms. The van der Waals surface area contributed by atoms with E-state index in [9.17, 15) is 18.3 Å². The molecule has 0 aliphatic carbocycles. The van der Waals surface area contributed by atoms with Gasteiger partial charge in [-0.3, -0.25) is 0 Å². The molecule has 1 aliphatic rings. The van der Waals surface area contributed by atoms with Crippen molar-refractivity contribution >= 4 is 16.0 Å². The van der Waals surface area contributed by atoms with Gasteiger partial charge in [-0.2, -0.15) is 4.31 Å². The van der Waals surface area contributed by atoms with Crippen molar-refractivity contribution in [2.24, 2.45) is 0 Å². The SMILES string of the molecule is COC(=O)c1c(C)oc(C)c1S(=O)(=O)N1CCC(O)CC1. The number of esters is 1. The van der Waals surface area contributed by atoms with Crippen LogP contribution in [0, 0.1) is 13.8 Å². The summed E-state index contributed by atoms with van der Waals surface area (Å²) in [6.07, 6.45) is 0.273. The summed E-state index contributed by atoms with van der Waals surface area (Å²) < 4.78 is 36.7. The van der Waals surface area contributed by atoms with E-state index in [1.54, 1.807) is 0 Å². The molecule has 1 aromatic heterocycles. The molecule has 2 rings (SSSR count). The highest BCUT2D eigenvalue weighted by Gasteiger charge is 2.37. The zero-order chi connectivity index (χ0) is 15.8. The minimum atomic E-state index is -3.85. The number of carbonyl (C=O) groups is 1. The quantitative estimate of drug-likeness (QED) is 0.829. The maximum atomic E-state index is 12.7. The Bertz CT molecular complexity index is 640. The van der Waals surface area contributed by atoms with Crippen LogP contribution < -0.4 is 0 Å². The average Bonchev–Trinajstić information content (AvgIpc) is 2.73. The van der Waals surface area contributed by atoms with Gasteiger partial charge in [0, 0.05) is 13.1 Å². The van der Waals surface area contributed by atoms with E-state index in [0.717, 1.165) is 0 Å². The van der Waals surface area contributed by atoms with E-state index >= 15 is 0 Å². The summed E-state index contributed by atoms with van der Waals surface area (Å²) in [6.45, 7) is 3.46. The summed E-state index contributed by atoms with van der Waals surface area (Å²) in [7, 11) is -2.66.